The molecule has 2 aromatic rings. The molecular weight excluding hydrogens is 628 g/mol. The summed E-state index contributed by atoms with van der Waals surface area (Å²) in [5.41, 5.74) is -10.6. The fourth-order valence-corrected chi connectivity index (χ4v) is 6.90. The lowest BCUT2D eigenvalue weighted by Gasteiger charge is -2.54. The molecule has 47 heavy (non-hydrogen) atoms. The highest BCUT2D eigenvalue weighted by atomic mass is 16.6. The van der Waals surface area contributed by atoms with E-state index in [1.165, 1.54) is 13.8 Å². The van der Waals surface area contributed by atoms with Crippen molar-refractivity contribution in [3.8, 4) is 34.1 Å². The Balaban J connectivity index is 1.62. The van der Waals surface area contributed by atoms with Gasteiger partial charge in [-0.15, -0.1) is 0 Å². The molecule has 0 amide bonds. The first kappa shape index (κ1) is 33.6. The highest BCUT2D eigenvalue weighted by Gasteiger charge is 2.76. The summed E-state index contributed by atoms with van der Waals surface area (Å²) in [6, 6.07) is 4.36. The number of hydrogen-bond donors (Lipinski definition) is 8. The van der Waals surface area contributed by atoms with Gasteiger partial charge in [-0.2, -0.15) is 0 Å². The number of Topliss-reactive ketones (excluding diaryl/α,β-unsaturated/α-hetero) is 2. The predicted molar refractivity (Wildman–Crippen MR) is 153 cm³/mol. The largest absolute Gasteiger partial charge is 0.506 e. The third-order valence-electron chi connectivity index (χ3n) is 9.37. The fraction of sp³-hybridized carbons (Fsp3) is 0.452. The van der Waals surface area contributed by atoms with Crippen molar-refractivity contribution in [1.29, 1.82) is 0 Å². The molecule has 2 aromatic carbocycles. The summed E-state index contributed by atoms with van der Waals surface area (Å²) in [5, 5.41) is 85.9. The summed E-state index contributed by atoms with van der Waals surface area (Å²) in [5.74, 6) is -11.6. The Labute approximate surface area is 265 Å². The Hall–Kier alpha value is -4.77. The molecule has 16 heteroatoms. The maximum absolute atomic E-state index is 13.8. The number of phenolic OH excluding ortho intramolecular Hbond substituents is 2. The van der Waals surface area contributed by atoms with Crippen LogP contribution in [-0.2, 0) is 19.1 Å². The van der Waals surface area contributed by atoms with Crippen LogP contribution in [0, 0.1) is 11.8 Å². The van der Waals surface area contributed by atoms with Crippen molar-refractivity contribution in [1.82, 2.24) is 0 Å². The molecule has 0 radical (unpaired) electrons. The van der Waals surface area contributed by atoms with Gasteiger partial charge in [-0.05, 0) is 42.5 Å². The average molecular weight is 661 g/mol. The maximum Gasteiger partial charge on any atom is 0.354 e. The molecule has 2 heterocycles. The molecule has 16 nitrogen and oxygen atoms in total. The maximum atomic E-state index is 13.8. The minimum absolute atomic E-state index is 0.279. The van der Waals surface area contributed by atoms with Crippen molar-refractivity contribution < 1.29 is 79.0 Å². The van der Waals surface area contributed by atoms with Crippen molar-refractivity contribution in [3.63, 3.8) is 0 Å². The molecule has 3 aliphatic rings. The quantitative estimate of drug-likeness (QED) is 0.182. The van der Waals surface area contributed by atoms with E-state index in [4.69, 9.17) is 14.2 Å². The number of aliphatic carboxylic acids is 2. The molecule has 5 rings (SSSR count). The monoisotopic (exact) mass is 660 g/mol. The number of carbonyl (C=O) groups is 5. The summed E-state index contributed by atoms with van der Waals surface area (Å²) in [7, 11) is 0.969. The molecule has 8 N–H and O–H groups in total. The van der Waals surface area contributed by atoms with Gasteiger partial charge in [0.2, 0.25) is 17.0 Å². The number of carboxylic acids is 2. The Morgan fingerprint density at radius 3 is 2.06 bits per heavy atom. The van der Waals surface area contributed by atoms with E-state index in [1.807, 2.05) is 0 Å². The van der Waals surface area contributed by atoms with Crippen LogP contribution in [0.25, 0.3) is 11.1 Å². The molecule has 8 atom stereocenters. The van der Waals surface area contributed by atoms with Gasteiger partial charge in [0.1, 0.15) is 46.3 Å². The Morgan fingerprint density at radius 1 is 0.979 bits per heavy atom. The van der Waals surface area contributed by atoms with Crippen LogP contribution in [0.3, 0.4) is 0 Å². The van der Waals surface area contributed by atoms with Gasteiger partial charge in [0.25, 0.3) is 5.60 Å². The Morgan fingerprint density at radius 2 is 1.53 bits per heavy atom. The van der Waals surface area contributed by atoms with Crippen LogP contribution in [0.2, 0.25) is 0 Å². The number of esters is 1. The molecule has 1 saturated carbocycles. The lowest BCUT2D eigenvalue weighted by molar-refractivity contribution is -0.247. The van der Waals surface area contributed by atoms with E-state index in [1.54, 1.807) is 0 Å². The number of aliphatic hydroxyl groups is 4. The minimum atomic E-state index is -3.26. The van der Waals surface area contributed by atoms with E-state index in [0.29, 0.717) is 0 Å². The van der Waals surface area contributed by atoms with E-state index in [0.717, 1.165) is 31.4 Å². The third kappa shape index (κ3) is 4.46. The minimum Gasteiger partial charge on any atom is -0.506 e. The van der Waals surface area contributed by atoms with Gasteiger partial charge in [0.05, 0.1) is 26.1 Å². The van der Waals surface area contributed by atoms with Crippen molar-refractivity contribution in [2.45, 2.75) is 68.2 Å². The summed E-state index contributed by atoms with van der Waals surface area (Å²) in [6.07, 6.45) is -7.74. The topological polar surface area (TPSA) is 275 Å². The molecule has 2 aliphatic heterocycles. The smallest absolute Gasteiger partial charge is 0.354 e. The average Bonchev–Trinajstić information content (AvgIpc) is 3.00. The Bertz CT molecular complexity index is 1720. The van der Waals surface area contributed by atoms with Crippen LogP contribution < -0.4 is 9.47 Å². The van der Waals surface area contributed by atoms with E-state index in [9.17, 15) is 64.8 Å². The highest BCUT2D eigenvalue weighted by Crippen LogP contribution is 2.54. The normalized spacial score (nSPS) is 30.8. The van der Waals surface area contributed by atoms with Gasteiger partial charge in [0, 0.05) is 11.1 Å². The zero-order chi connectivity index (χ0) is 35.0. The number of methoxy groups -OCH3 is 1. The van der Waals surface area contributed by atoms with Crippen LogP contribution in [-0.4, -0.2) is 113 Å². The molecule has 0 aromatic heterocycles. The van der Waals surface area contributed by atoms with Crippen LogP contribution >= 0.6 is 0 Å². The molecule has 252 valence electrons. The molecule has 1 aliphatic carbocycles. The standard InChI is InChI=1S/C31H32O16/c1-11-8-18(33)30(44)26(40)21-17(47-31(30,25(11)39)27(41)42)7-5-14(23(21)37)13-4-6-16-20(22(13)36)15(32)10-29(46-16,28(43)45-3)24(38)12(2)9-19(34)35/h4-7,11-12,18,24-25,33,36-39,44H,8-10H2,1-3H3,(H,34,35)(H,41,42)/t11-,12?,18?,24?,25+,29+,30?,31+/m1/s1. The number of aromatic hydroxyl groups is 2. The first-order chi connectivity index (χ1) is 21.9. The van der Waals surface area contributed by atoms with E-state index < -0.39 is 130 Å². The second-order valence-corrected chi connectivity index (χ2v) is 12.2. The van der Waals surface area contributed by atoms with Gasteiger partial charge >= 0.3 is 17.9 Å². The molecule has 0 spiro atoms. The van der Waals surface area contributed by atoms with Crippen molar-refractivity contribution in [2.75, 3.05) is 7.11 Å². The van der Waals surface area contributed by atoms with E-state index in [2.05, 4.69) is 0 Å². The fourth-order valence-electron chi connectivity index (χ4n) is 6.90. The number of carbonyl (C=O) groups excluding carboxylic acids is 3. The molecular formula is C31H32O16. The number of carboxylic acid groups (broad SMARTS) is 2. The zero-order valence-electron chi connectivity index (χ0n) is 25.2. The predicted octanol–water partition coefficient (Wildman–Crippen LogP) is 0.00470. The summed E-state index contributed by atoms with van der Waals surface area (Å²) in [4.78, 5) is 63.9. The number of ketones is 2. The number of aliphatic hydroxyl groups excluding tert-OH is 3. The van der Waals surface area contributed by atoms with Crippen LogP contribution in [0.4, 0.5) is 0 Å². The second-order valence-electron chi connectivity index (χ2n) is 12.2. The highest BCUT2D eigenvalue weighted by molar-refractivity contribution is 6.14. The van der Waals surface area contributed by atoms with Gasteiger partial charge in [-0.3, -0.25) is 14.4 Å². The first-order valence-electron chi connectivity index (χ1n) is 14.4. The van der Waals surface area contributed by atoms with Crippen LogP contribution in [0.15, 0.2) is 24.3 Å². The van der Waals surface area contributed by atoms with Crippen LogP contribution in [0.1, 0.15) is 53.8 Å². The van der Waals surface area contributed by atoms with Gasteiger partial charge < -0.3 is 55.1 Å². The van der Waals surface area contributed by atoms with Crippen molar-refractivity contribution in [2.24, 2.45) is 11.8 Å². The second kappa shape index (κ2) is 11.2. The molecule has 4 unspecified atom stereocenters. The van der Waals surface area contributed by atoms with Crippen LogP contribution in [0.5, 0.6) is 23.0 Å². The number of hydrogen-bond acceptors (Lipinski definition) is 14. The lowest BCUT2D eigenvalue weighted by Crippen LogP contribution is -2.81. The summed E-state index contributed by atoms with van der Waals surface area (Å²) >= 11 is 0. The lowest BCUT2D eigenvalue weighted by atomic mass is 9.60. The van der Waals surface area contributed by atoms with Gasteiger partial charge in [0.15, 0.2) is 5.78 Å². The van der Waals surface area contributed by atoms with E-state index >= 15 is 0 Å². The zero-order valence-corrected chi connectivity index (χ0v) is 25.2. The molecule has 1 fully saturated rings. The molecule has 0 saturated heterocycles. The SMILES string of the molecule is COC(=O)[C@@]1(C(O)C(C)CC(=O)O)CC(=O)c2c(ccc(-c3ccc4c(c3O)C(=O)C3(O)C(O)C[C@@H](C)[C@H](O)[C@@]3(C(=O)O)O4)c2O)O1. The number of phenols is 2. The van der Waals surface area contributed by atoms with Gasteiger partial charge in [-0.25, -0.2) is 9.59 Å². The number of rotatable bonds is 7. The van der Waals surface area contributed by atoms with E-state index in [-0.39, 0.29) is 11.1 Å². The number of benzene rings is 2. The number of ether oxygens (including phenoxy) is 3. The summed E-state index contributed by atoms with van der Waals surface area (Å²) < 4.78 is 16.1. The van der Waals surface area contributed by atoms with Crippen molar-refractivity contribution in [3.05, 3.63) is 35.4 Å². The Kier molecular flexibility index (Phi) is 8.00. The third-order valence-corrected chi connectivity index (χ3v) is 9.37. The van der Waals surface area contributed by atoms with Gasteiger partial charge in [-0.1, -0.05) is 13.8 Å². The van der Waals surface area contributed by atoms with Crippen molar-refractivity contribution >= 4 is 29.5 Å². The summed E-state index contributed by atoms with van der Waals surface area (Å²) in [6.45, 7) is 2.71. The first-order valence-corrected chi connectivity index (χ1v) is 14.4. The number of fused-ring (bicyclic) bond motifs is 3. The molecule has 0 bridgehead atoms.